The van der Waals surface area contributed by atoms with Crippen molar-refractivity contribution in [1.82, 2.24) is 5.32 Å². The maximum absolute atomic E-state index is 12.0. The van der Waals surface area contributed by atoms with Gasteiger partial charge in [-0.2, -0.15) is 0 Å². The molecule has 22 heavy (non-hydrogen) atoms. The first-order chi connectivity index (χ1) is 10.7. The highest BCUT2D eigenvalue weighted by Crippen LogP contribution is 2.28. The number of rotatable bonds is 5. The minimum atomic E-state index is 0.0414. The van der Waals surface area contributed by atoms with Crippen LogP contribution in [0.2, 0.25) is 0 Å². The lowest BCUT2D eigenvalue weighted by molar-refractivity contribution is -0.121. The summed E-state index contributed by atoms with van der Waals surface area (Å²) in [6.45, 7) is 1.99. The van der Waals surface area contributed by atoms with Crippen LogP contribution in [0.15, 0.2) is 53.0 Å². The van der Waals surface area contributed by atoms with E-state index < -0.39 is 0 Å². The summed E-state index contributed by atoms with van der Waals surface area (Å²) in [5, 5.41) is 6.04. The number of benzene rings is 2. The summed E-state index contributed by atoms with van der Waals surface area (Å²) in [7, 11) is 0. The van der Waals surface area contributed by atoms with E-state index in [1.54, 1.807) is 0 Å². The Hall–Kier alpha value is -1.85. The highest BCUT2D eigenvalue weighted by Gasteiger charge is 2.25. The van der Waals surface area contributed by atoms with Crippen molar-refractivity contribution in [2.24, 2.45) is 5.92 Å². The van der Waals surface area contributed by atoms with Crippen molar-refractivity contribution in [3.05, 3.63) is 58.6 Å². The molecule has 0 aliphatic carbocycles. The molecule has 5 heteroatoms. The van der Waals surface area contributed by atoms with E-state index in [1.807, 2.05) is 48.5 Å². The third kappa shape index (κ3) is 3.67. The van der Waals surface area contributed by atoms with Crippen LogP contribution < -0.4 is 15.4 Å². The topological polar surface area (TPSA) is 50.4 Å². The van der Waals surface area contributed by atoms with Gasteiger partial charge in [-0.25, -0.2) is 0 Å². The Morgan fingerprint density at radius 2 is 2.00 bits per heavy atom. The maximum Gasteiger partial charge on any atom is 0.230 e. The fraction of sp³-hybridized carbons (Fsp3) is 0.235. The second kappa shape index (κ2) is 6.94. The highest BCUT2D eigenvalue weighted by atomic mass is 79.9. The molecule has 3 rings (SSSR count). The molecule has 0 unspecified atom stereocenters. The van der Waals surface area contributed by atoms with Crippen molar-refractivity contribution < 1.29 is 9.53 Å². The van der Waals surface area contributed by atoms with Gasteiger partial charge in [0.25, 0.3) is 0 Å². The van der Waals surface area contributed by atoms with Crippen LogP contribution in [-0.4, -0.2) is 19.0 Å². The quantitative estimate of drug-likeness (QED) is 0.860. The van der Waals surface area contributed by atoms with Crippen molar-refractivity contribution in [2.45, 2.75) is 6.61 Å². The second-order valence-corrected chi connectivity index (χ2v) is 6.11. The Morgan fingerprint density at radius 3 is 2.68 bits per heavy atom. The molecule has 4 nitrogen and oxygen atoms in total. The molecule has 1 aliphatic rings. The average Bonchev–Trinajstić information content (AvgIpc) is 2.47. The maximum atomic E-state index is 12.0. The SMILES string of the molecule is O=C(Nc1cc(OCc2ccccc2)ccc1Br)C1CNC1. The van der Waals surface area contributed by atoms with Crippen LogP contribution in [0, 0.1) is 5.92 Å². The van der Waals surface area contributed by atoms with Gasteiger partial charge in [-0.15, -0.1) is 0 Å². The Morgan fingerprint density at radius 1 is 1.23 bits per heavy atom. The number of carbonyl (C=O) groups is 1. The van der Waals surface area contributed by atoms with Crippen molar-refractivity contribution in [2.75, 3.05) is 18.4 Å². The van der Waals surface area contributed by atoms with Crippen molar-refractivity contribution >= 4 is 27.5 Å². The van der Waals surface area contributed by atoms with Gasteiger partial charge >= 0.3 is 0 Å². The lowest BCUT2D eigenvalue weighted by Crippen LogP contribution is -2.48. The third-order valence-corrected chi connectivity index (χ3v) is 4.29. The molecule has 2 aromatic carbocycles. The van der Waals surface area contributed by atoms with Gasteiger partial charge in [-0.3, -0.25) is 4.79 Å². The summed E-state index contributed by atoms with van der Waals surface area (Å²) in [5.74, 6) is 0.828. The van der Waals surface area contributed by atoms with Crippen LogP contribution in [0.4, 0.5) is 5.69 Å². The number of anilines is 1. The predicted octanol–water partition coefficient (Wildman–Crippen LogP) is 3.19. The first kappa shape index (κ1) is 15.1. The second-order valence-electron chi connectivity index (χ2n) is 5.26. The first-order valence-electron chi connectivity index (χ1n) is 7.20. The largest absolute Gasteiger partial charge is 0.489 e. The normalized spacial score (nSPS) is 14.2. The Kier molecular flexibility index (Phi) is 4.75. The van der Waals surface area contributed by atoms with Crippen molar-refractivity contribution in [1.29, 1.82) is 0 Å². The monoisotopic (exact) mass is 360 g/mol. The molecule has 0 saturated carbocycles. The van der Waals surface area contributed by atoms with E-state index in [1.165, 1.54) is 0 Å². The molecule has 0 bridgehead atoms. The molecular weight excluding hydrogens is 344 g/mol. The summed E-state index contributed by atoms with van der Waals surface area (Å²) in [6.07, 6.45) is 0. The number of nitrogens with one attached hydrogen (secondary N) is 2. The lowest BCUT2D eigenvalue weighted by Gasteiger charge is -2.26. The summed E-state index contributed by atoms with van der Waals surface area (Å²) in [6, 6.07) is 15.6. The molecule has 0 aromatic heterocycles. The molecule has 114 valence electrons. The number of ether oxygens (including phenoxy) is 1. The Balaban J connectivity index is 1.65. The van der Waals surface area contributed by atoms with Gasteiger partial charge in [-0.1, -0.05) is 30.3 Å². The number of halogens is 1. The van der Waals surface area contributed by atoms with Crippen LogP contribution in [-0.2, 0) is 11.4 Å². The summed E-state index contributed by atoms with van der Waals surface area (Å²) >= 11 is 3.46. The van der Waals surface area contributed by atoms with E-state index in [4.69, 9.17) is 4.74 Å². The molecule has 1 saturated heterocycles. The zero-order chi connectivity index (χ0) is 15.4. The first-order valence-corrected chi connectivity index (χ1v) is 7.99. The Labute approximate surface area is 138 Å². The van der Waals surface area contributed by atoms with Gasteiger partial charge in [0.15, 0.2) is 0 Å². The molecule has 0 atom stereocenters. The van der Waals surface area contributed by atoms with E-state index in [0.29, 0.717) is 6.61 Å². The van der Waals surface area contributed by atoms with Gasteiger partial charge in [-0.05, 0) is 33.6 Å². The zero-order valence-electron chi connectivity index (χ0n) is 12.0. The number of carbonyl (C=O) groups excluding carboxylic acids is 1. The van der Waals surface area contributed by atoms with Crippen molar-refractivity contribution in [3.8, 4) is 5.75 Å². The molecule has 1 amide bonds. The molecule has 1 heterocycles. The summed E-state index contributed by atoms with van der Waals surface area (Å²) in [4.78, 5) is 12.0. The average molecular weight is 361 g/mol. The van der Waals surface area contributed by atoms with Crippen LogP contribution in [0.5, 0.6) is 5.75 Å². The van der Waals surface area contributed by atoms with Gasteiger partial charge in [0.2, 0.25) is 5.91 Å². The van der Waals surface area contributed by atoms with Gasteiger partial charge in [0.1, 0.15) is 12.4 Å². The smallest absolute Gasteiger partial charge is 0.230 e. The van der Waals surface area contributed by atoms with Crippen LogP contribution in [0.3, 0.4) is 0 Å². The molecule has 1 aliphatic heterocycles. The van der Waals surface area contributed by atoms with E-state index >= 15 is 0 Å². The molecule has 2 aromatic rings. The highest BCUT2D eigenvalue weighted by molar-refractivity contribution is 9.10. The van der Waals surface area contributed by atoms with E-state index in [9.17, 15) is 4.79 Å². The molecular formula is C17H17BrN2O2. The fourth-order valence-corrected chi connectivity index (χ4v) is 2.49. The van der Waals surface area contributed by atoms with Gasteiger partial charge in [0.05, 0.1) is 11.6 Å². The summed E-state index contributed by atoms with van der Waals surface area (Å²) < 4.78 is 6.63. The van der Waals surface area contributed by atoms with Gasteiger partial charge < -0.3 is 15.4 Å². The van der Waals surface area contributed by atoms with E-state index in [2.05, 4.69) is 26.6 Å². The predicted molar refractivity (Wildman–Crippen MR) is 89.9 cm³/mol. The van der Waals surface area contributed by atoms with Crippen LogP contribution in [0.1, 0.15) is 5.56 Å². The van der Waals surface area contributed by atoms with Crippen LogP contribution in [0.25, 0.3) is 0 Å². The third-order valence-electron chi connectivity index (χ3n) is 3.60. The standard InChI is InChI=1S/C17H17BrN2O2/c18-15-7-6-14(22-11-12-4-2-1-3-5-12)8-16(15)20-17(21)13-9-19-10-13/h1-8,13,19H,9-11H2,(H,20,21). The molecule has 2 N–H and O–H groups in total. The number of hydrogen-bond donors (Lipinski definition) is 2. The molecule has 1 fully saturated rings. The molecule has 0 radical (unpaired) electrons. The fourth-order valence-electron chi connectivity index (χ4n) is 2.14. The van der Waals surface area contributed by atoms with E-state index in [-0.39, 0.29) is 11.8 Å². The minimum absolute atomic E-state index is 0.0414. The van der Waals surface area contributed by atoms with Crippen LogP contribution >= 0.6 is 15.9 Å². The minimum Gasteiger partial charge on any atom is -0.489 e. The van der Waals surface area contributed by atoms with E-state index in [0.717, 1.165) is 34.6 Å². The number of hydrogen-bond acceptors (Lipinski definition) is 3. The Bertz CT molecular complexity index is 657. The zero-order valence-corrected chi connectivity index (χ0v) is 13.6. The van der Waals surface area contributed by atoms with Crippen molar-refractivity contribution in [3.63, 3.8) is 0 Å². The van der Waals surface area contributed by atoms with Gasteiger partial charge in [0, 0.05) is 23.6 Å². The number of amides is 1. The summed E-state index contributed by atoms with van der Waals surface area (Å²) in [5.41, 5.74) is 1.85. The lowest BCUT2D eigenvalue weighted by atomic mass is 10.0. The molecule has 0 spiro atoms.